The summed E-state index contributed by atoms with van der Waals surface area (Å²) in [5, 5.41) is 7.15. The molecule has 0 radical (unpaired) electrons. The first kappa shape index (κ1) is 16.9. The summed E-state index contributed by atoms with van der Waals surface area (Å²) in [6.07, 6.45) is 0.611. The summed E-state index contributed by atoms with van der Waals surface area (Å²) in [6, 6.07) is 24.9. The molecular formula is C24H22N2O2. The lowest BCUT2D eigenvalue weighted by atomic mass is 9.95. The number of benzene rings is 3. The number of aryl methyl sites for hydroxylation is 1. The van der Waals surface area contributed by atoms with Crippen molar-refractivity contribution in [2.45, 2.75) is 25.6 Å². The summed E-state index contributed by atoms with van der Waals surface area (Å²) < 4.78 is 11.8. The van der Waals surface area contributed by atoms with E-state index in [0.29, 0.717) is 0 Å². The topological polar surface area (TPSA) is 34.1 Å². The molecule has 3 aromatic rings. The van der Waals surface area contributed by atoms with Gasteiger partial charge >= 0.3 is 0 Å². The van der Waals surface area contributed by atoms with Gasteiger partial charge in [0, 0.05) is 23.1 Å². The molecule has 3 aromatic carbocycles. The Balaban J connectivity index is 1.60. The molecule has 0 fully saturated rings. The third-order valence-corrected chi connectivity index (χ3v) is 5.56. The van der Waals surface area contributed by atoms with Crippen molar-refractivity contribution in [2.24, 2.45) is 5.10 Å². The second kappa shape index (κ2) is 6.71. The average Bonchev–Trinajstić information content (AvgIpc) is 3.19. The second-order valence-corrected chi connectivity index (χ2v) is 7.24. The highest BCUT2D eigenvalue weighted by Gasteiger charge is 2.41. The van der Waals surface area contributed by atoms with Gasteiger partial charge < -0.3 is 9.47 Å². The van der Waals surface area contributed by atoms with Gasteiger partial charge in [-0.1, -0.05) is 54.6 Å². The number of fused-ring (bicyclic) bond motifs is 3. The molecule has 0 saturated carbocycles. The highest BCUT2D eigenvalue weighted by atomic mass is 16.5. The quantitative estimate of drug-likeness (QED) is 0.632. The van der Waals surface area contributed by atoms with E-state index in [1.54, 1.807) is 7.11 Å². The van der Waals surface area contributed by atoms with Crippen LogP contribution in [0.1, 0.15) is 40.9 Å². The van der Waals surface area contributed by atoms with Gasteiger partial charge in [-0.25, -0.2) is 5.01 Å². The molecule has 28 heavy (non-hydrogen) atoms. The molecule has 0 saturated heterocycles. The van der Waals surface area contributed by atoms with Crippen molar-refractivity contribution >= 4 is 5.71 Å². The molecule has 0 bridgehead atoms. The smallest absolute Gasteiger partial charge is 0.214 e. The van der Waals surface area contributed by atoms with E-state index in [1.165, 1.54) is 11.1 Å². The van der Waals surface area contributed by atoms with Crippen molar-refractivity contribution in [3.05, 3.63) is 95.1 Å². The van der Waals surface area contributed by atoms with Gasteiger partial charge in [0.25, 0.3) is 0 Å². The minimum atomic E-state index is -0.232. The standard InChI is InChI=1S/C24H22N2O2/c1-16-8-3-4-11-19(16)24-26-22(20-12-5-6-13-23(20)28-24)15-21(25-26)17-9-7-10-18(14-17)27-2/h3-14,22,24H,15H2,1-2H3/t22-,24-/m1/s1. The first-order valence-electron chi connectivity index (χ1n) is 9.56. The van der Waals surface area contributed by atoms with Crippen LogP contribution < -0.4 is 9.47 Å². The monoisotopic (exact) mass is 370 g/mol. The van der Waals surface area contributed by atoms with Crippen molar-refractivity contribution in [3.63, 3.8) is 0 Å². The van der Waals surface area contributed by atoms with Crippen LogP contribution in [0.4, 0.5) is 0 Å². The molecule has 2 aliphatic heterocycles. The molecule has 0 N–H and O–H groups in total. The van der Waals surface area contributed by atoms with Crippen LogP contribution in [0.2, 0.25) is 0 Å². The van der Waals surface area contributed by atoms with Crippen molar-refractivity contribution in [2.75, 3.05) is 7.11 Å². The molecule has 2 atom stereocenters. The Morgan fingerprint density at radius 1 is 0.964 bits per heavy atom. The van der Waals surface area contributed by atoms with Crippen LogP contribution in [0.5, 0.6) is 11.5 Å². The van der Waals surface area contributed by atoms with Crippen molar-refractivity contribution < 1.29 is 9.47 Å². The molecule has 0 aliphatic carbocycles. The molecule has 4 heteroatoms. The third-order valence-electron chi connectivity index (χ3n) is 5.56. The van der Waals surface area contributed by atoms with Gasteiger partial charge in [-0.2, -0.15) is 5.10 Å². The van der Waals surface area contributed by atoms with Gasteiger partial charge in [-0.05, 0) is 30.7 Å². The Kier molecular flexibility index (Phi) is 4.05. The van der Waals surface area contributed by atoms with E-state index >= 15 is 0 Å². The number of methoxy groups -OCH3 is 1. The van der Waals surface area contributed by atoms with E-state index in [-0.39, 0.29) is 12.3 Å². The van der Waals surface area contributed by atoms with Crippen LogP contribution >= 0.6 is 0 Å². The lowest BCUT2D eigenvalue weighted by Gasteiger charge is -2.38. The van der Waals surface area contributed by atoms with E-state index in [4.69, 9.17) is 14.6 Å². The normalized spacial score (nSPS) is 20.1. The van der Waals surface area contributed by atoms with Crippen molar-refractivity contribution in [1.29, 1.82) is 0 Å². The van der Waals surface area contributed by atoms with Crippen LogP contribution in [0.15, 0.2) is 77.9 Å². The van der Waals surface area contributed by atoms with Crippen LogP contribution in [0.3, 0.4) is 0 Å². The highest BCUT2D eigenvalue weighted by molar-refractivity contribution is 6.02. The van der Waals surface area contributed by atoms with E-state index in [1.807, 2.05) is 24.3 Å². The predicted octanol–water partition coefficient (Wildman–Crippen LogP) is 5.25. The van der Waals surface area contributed by atoms with Gasteiger partial charge in [-0.15, -0.1) is 0 Å². The fourth-order valence-electron chi connectivity index (χ4n) is 4.08. The third kappa shape index (κ3) is 2.73. The zero-order valence-electron chi connectivity index (χ0n) is 16.0. The largest absolute Gasteiger partial charge is 0.497 e. The summed E-state index contributed by atoms with van der Waals surface area (Å²) in [6.45, 7) is 2.12. The molecule has 0 aromatic heterocycles. The Morgan fingerprint density at radius 3 is 2.57 bits per heavy atom. The SMILES string of the molecule is COc1cccc(C2=NN3[C@H](C2)c2ccccc2O[C@@H]3c2ccccc2C)c1. The van der Waals surface area contributed by atoms with Crippen LogP contribution in [0, 0.1) is 6.92 Å². The zero-order chi connectivity index (χ0) is 19.1. The fourth-order valence-corrected chi connectivity index (χ4v) is 4.08. The minimum Gasteiger partial charge on any atom is -0.497 e. The van der Waals surface area contributed by atoms with E-state index in [2.05, 4.69) is 60.5 Å². The first-order valence-corrected chi connectivity index (χ1v) is 9.56. The maximum Gasteiger partial charge on any atom is 0.214 e. The molecule has 0 spiro atoms. The van der Waals surface area contributed by atoms with E-state index in [9.17, 15) is 0 Å². The second-order valence-electron chi connectivity index (χ2n) is 7.24. The highest BCUT2D eigenvalue weighted by Crippen LogP contribution is 2.47. The number of nitrogens with zero attached hydrogens (tertiary/aromatic N) is 2. The average molecular weight is 370 g/mol. The lowest BCUT2D eigenvalue weighted by Crippen LogP contribution is -2.34. The number of hydrazone groups is 1. The lowest BCUT2D eigenvalue weighted by molar-refractivity contribution is -0.0194. The molecule has 140 valence electrons. The Morgan fingerprint density at radius 2 is 1.75 bits per heavy atom. The van der Waals surface area contributed by atoms with Gasteiger partial charge in [0.05, 0.1) is 18.9 Å². The molecule has 2 aliphatic rings. The molecule has 4 nitrogen and oxygen atoms in total. The van der Waals surface area contributed by atoms with Gasteiger partial charge in [0.2, 0.25) is 6.23 Å². The van der Waals surface area contributed by atoms with Gasteiger partial charge in [-0.3, -0.25) is 0 Å². The van der Waals surface area contributed by atoms with Gasteiger partial charge in [0.15, 0.2) is 0 Å². The fraction of sp³-hybridized carbons (Fsp3) is 0.208. The number of hydrogen-bond donors (Lipinski definition) is 0. The summed E-state index contributed by atoms with van der Waals surface area (Å²) >= 11 is 0. The number of ether oxygens (including phenoxy) is 2. The number of hydrogen-bond acceptors (Lipinski definition) is 4. The Labute approximate surface area is 165 Å². The maximum absolute atomic E-state index is 6.44. The van der Waals surface area contributed by atoms with Crippen molar-refractivity contribution in [1.82, 2.24) is 5.01 Å². The van der Waals surface area contributed by atoms with Crippen LogP contribution in [-0.4, -0.2) is 17.8 Å². The number of rotatable bonds is 3. The summed E-state index contributed by atoms with van der Waals surface area (Å²) in [7, 11) is 1.69. The van der Waals surface area contributed by atoms with E-state index in [0.717, 1.165) is 34.8 Å². The Hall–Kier alpha value is -3.27. The predicted molar refractivity (Wildman–Crippen MR) is 110 cm³/mol. The molecule has 5 rings (SSSR count). The van der Waals surface area contributed by atoms with Crippen LogP contribution in [0.25, 0.3) is 0 Å². The Bertz CT molecular complexity index is 1060. The molecular weight excluding hydrogens is 348 g/mol. The number of para-hydroxylation sites is 1. The molecule has 2 heterocycles. The summed E-state index contributed by atoms with van der Waals surface area (Å²) in [4.78, 5) is 0. The summed E-state index contributed by atoms with van der Waals surface area (Å²) in [5.41, 5.74) is 5.69. The summed E-state index contributed by atoms with van der Waals surface area (Å²) in [5.74, 6) is 1.79. The zero-order valence-corrected chi connectivity index (χ0v) is 16.0. The molecule has 0 unspecified atom stereocenters. The van der Waals surface area contributed by atoms with Gasteiger partial charge in [0.1, 0.15) is 11.5 Å². The molecule has 0 amide bonds. The minimum absolute atomic E-state index is 0.163. The van der Waals surface area contributed by atoms with Crippen molar-refractivity contribution in [3.8, 4) is 11.5 Å². The maximum atomic E-state index is 6.44. The van der Waals surface area contributed by atoms with E-state index < -0.39 is 0 Å². The first-order chi connectivity index (χ1) is 13.7. The van der Waals surface area contributed by atoms with Crippen LogP contribution in [-0.2, 0) is 0 Å².